The van der Waals surface area contributed by atoms with Gasteiger partial charge in [-0.15, -0.1) is 6.58 Å². The zero-order chi connectivity index (χ0) is 24.7. The fraction of sp³-hybridized carbons (Fsp3) is 0.433. The number of hydrogen-bond donors (Lipinski definition) is 3. The number of rotatable bonds is 6. The van der Waals surface area contributed by atoms with E-state index in [-0.39, 0.29) is 23.1 Å². The van der Waals surface area contributed by atoms with Gasteiger partial charge in [-0.2, -0.15) is 0 Å². The summed E-state index contributed by atoms with van der Waals surface area (Å²) in [7, 11) is 0. The van der Waals surface area contributed by atoms with Crippen LogP contribution in [0.1, 0.15) is 29.5 Å². The molecule has 6 nitrogen and oxygen atoms in total. The fourth-order valence-corrected chi connectivity index (χ4v) is 8.41. The fourth-order valence-electron chi connectivity index (χ4n) is 8.41. The van der Waals surface area contributed by atoms with E-state index in [1.807, 2.05) is 18.2 Å². The third kappa shape index (κ3) is 2.56. The molecule has 2 aromatic rings. The van der Waals surface area contributed by atoms with Crippen molar-refractivity contribution in [1.82, 2.24) is 10.2 Å². The molecule has 0 radical (unpaired) electrons. The molecular weight excluding hydrogens is 452 g/mol. The summed E-state index contributed by atoms with van der Waals surface area (Å²) in [5.74, 6) is -0.171. The number of likely N-dealkylation sites (tertiary alicyclic amines) is 1. The Kier molecular flexibility index (Phi) is 4.59. The number of nitrogens with zero attached hydrogens (tertiary/aromatic N) is 1. The van der Waals surface area contributed by atoms with Gasteiger partial charge >= 0.3 is 0 Å². The molecule has 4 aliphatic carbocycles. The summed E-state index contributed by atoms with van der Waals surface area (Å²) in [6, 6.07) is 14.5. The highest BCUT2D eigenvalue weighted by atomic mass is 16.5. The Morgan fingerprint density at radius 2 is 2.06 bits per heavy atom. The predicted octanol–water partition coefficient (Wildman–Crippen LogP) is 2.87. The Bertz CT molecular complexity index is 1290. The maximum Gasteiger partial charge on any atom is 0.226 e. The second-order valence-electron chi connectivity index (χ2n) is 11.2. The van der Waals surface area contributed by atoms with Crippen molar-refractivity contribution in [2.24, 2.45) is 11.3 Å². The molecule has 6 heteroatoms. The van der Waals surface area contributed by atoms with E-state index in [4.69, 9.17) is 4.74 Å². The zero-order valence-corrected chi connectivity index (χ0v) is 20.3. The molecule has 2 aliphatic heterocycles. The average molecular weight is 485 g/mol. The minimum absolute atomic E-state index is 0.119. The van der Waals surface area contributed by atoms with Crippen molar-refractivity contribution in [2.75, 3.05) is 19.6 Å². The number of nitrogens with one attached hydrogen (secondary N) is 1. The van der Waals surface area contributed by atoms with E-state index in [1.165, 1.54) is 11.1 Å². The van der Waals surface area contributed by atoms with E-state index in [0.29, 0.717) is 18.7 Å². The van der Waals surface area contributed by atoms with Gasteiger partial charge in [0.15, 0.2) is 11.5 Å². The molecule has 36 heavy (non-hydrogen) atoms. The summed E-state index contributed by atoms with van der Waals surface area (Å²) in [5.41, 5.74) is 1.33. The number of piperidine rings is 1. The third-order valence-corrected chi connectivity index (χ3v) is 9.86. The first kappa shape index (κ1) is 22.1. The number of fused-ring (bicyclic) bond motifs is 1. The smallest absolute Gasteiger partial charge is 0.226 e. The number of benzene rings is 2. The van der Waals surface area contributed by atoms with E-state index in [0.717, 1.165) is 37.9 Å². The maximum atomic E-state index is 13.4. The normalized spacial score (nSPS) is 36.8. The monoisotopic (exact) mass is 484 g/mol. The van der Waals surface area contributed by atoms with Crippen molar-refractivity contribution in [3.8, 4) is 11.5 Å². The molecule has 8 rings (SSSR count). The molecule has 4 bridgehead atoms. The second kappa shape index (κ2) is 7.46. The quantitative estimate of drug-likeness (QED) is 0.550. The number of hydrogen-bond acceptors (Lipinski definition) is 5. The predicted molar refractivity (Wildman–Crippen MR) is 136 cm³/mol. The van der Waals surface area contributed by atoms with Crippen LogP contribution in [0.2, 0.25) is 0 Å². The Balaban J connectivity index is 1.35. The lowest BCUT2D eigenvalue weighted by atomic mass is 9.37. The van der Waals surface area contributed by atoms with E-state index in [2.05, 4.69) is 47.1 Å². The first-order valence-electron chi connectivity index (χ1n) is 13.1. The van der Waals surface area contributed by atoms with Gasteiger partial charge in [0.2, 0.25) is 5.91 Å². The molecule has 2 fully saturated rings. The van der Waals surface area contributed by atoms with E-state index >= 15 is 0 Å². The SMILES string of the molecule is C=CCNC(=O)[C@H]1C[C@@]23C=C[C@@]1(O)[C@@H]1Oc4c(O)ccc5c4[C@@]12CCN(CCc1ccccc1)[C@@H]3C5. The molecule has 3 N–H and O–H groups in total. The van der Waals surface area contributed by atoms with Crippen molar-refractivity contribution < 1.29 is 19.7 Å². The van der Waals surface area contributed by atoms with E-state index in [9.17, 15) is 15.0 Å². The molecule has 186 valence electrons. The average Bonchev–Trinajstić information content (AvgIpc) is 3.26. The number of carbonyl (C=O) groups is 1. The summed E-state index contributed by atoms with van der Waals surface area (Å²) < 4.78 is 6.52. The Hall–Kier alpha value is -3.09. The van der Waals surface area contributed by atoms with Gasteiger partial charge in [-0.1, -0.05) is 54.6 Å². The Morgan fingerprint density at radius 3 is 2.86 bits per heavy atom. The maximum absolute atomic E-state index is 13.4. The van der Waals surface area contributed by atoms with Gasteiger partial charge in [-0.3, -0.25) is 9.69 Å². The summed E-state index contributed by atoms with van der Waals surface area (Å²) in [5, 5.41) is 25.9. The van der Waals surface area contributed by atoms with Crippen LogP contribution in [0.5, 0.6) is 11.5 Å². The van der Waals surface area contributed by atoms with Gasteiger partial charge in [-0.05, 0) is 49.4 Å². The van der Waals surface area contributed by atoms with Crippen LogP contribution in [0.4, 0.5) is 0 Å². The van der Waals surface area contributed by atoms with E-state index in [1.54, 1.807) is 12.1 Å². The molecule has 2 spiro atoms. The van der Waals surface area contributed by atoms with Crippen molar-refractivity contribution in [2.45, 2.75) is 48.8 Å². The summed E-state index contributed by atoms with van der Waals surface area (Å²) in [6.45, 7) is 5.91. The number of phenolic OH excluding ortho intramolecular Hbond substituents is 1. The van der Waals surface area contributed by atoms with Crippen LogP contribution in [0.3, 0.4) is 0 Å². The highest BCUT2D eigenvalue weighted by Gasteiger charge is 2.79. The molecular formula is C30H32N2O4. The van der Waals surface area contributed by atoms with Crippen molar-refractivity contribution in [3.05, 3.63) is 84.0 Å². The first-order valence-corrected chi connectivity index (χ1v) is 13.1. The number of aliphatic hydroxyl groups is 1. The number of ether oxygens (including phenoxy) is 1. The lowest BCUT2D eigenvalue weighted by molar-refractivity contribution is -0.206. The molecule has 6 atom stereocenters. The number of phenols is 1. The number of amides is 1. The molecule has 2 heterocycles. The van der Waals surface area contributed by atoms with Crippen LogP contribution in [-0.2, 0) is 23.1 Å². The summed E-state index contributed by atoms with van der Waals surface area (Å²) in [6.07, 6.45) is 8.29. The lowest BCUT2D eigenvalue weighted by Crippen LogP contribution is -2.79. The van der Waals surface area contributed by atoms with E-state index < -0.39 is 23.0 Å². The second-order valence-corrected chi connectivity index (χ2v) is 11.2. The van der Waals surface area contributed by atoms with Crippen molar-refractivity contribution >= 4 is 5.91 Å². The van der Waals surface area contributed by atoms with Gasteiger partial charge < -0.3 is 20.3 Å². The molecule has 2 aromatic carbocycles. The zero-order valence-electron chi connectivity index (χ0n) is 20.3. The molecule has 1 saturated heterocycles. The van der Waals surface area contributed by atoms with Crippen LogP contribution in [0.25, 0.3) is 0 Å². The lowest BCUT2D eigenvalue weighted by Gasteiger charge is -2.70. The van der Waals surface area contributed by atoms with Crippen LogP contribution < -0.4 is 10.1 Å². The van der Waals surface area contributed by atoms with Crippen LogP contribution >= 0.6 is 0 Å². The van der Waals surface area contributed by atoms with Crippen LogP contribution in [0.15, 0.2) is 67.3 Å². The highest BCUT2D eigenvalue weighted by molar-refractivity contribution is 5.82. The topological polar surface area (TPSA) is 82.0 Å². The largest absolute Gasteiger partial charge is 0.504 e. The minimum Gasteiger partial charge on any atom is -0.504 e. The first-order chi connectivity index (χ1) is 17.4. The van der Waals surface area contributed by atoms with Gasteiger partial charge in [0.25, 0.3) is 0 Å². The van der Waals surface area contributed by atoms with Gasteiger partial charge in [0.1, 0.15) is 11.7 Å². The van der Waals surface area contributed by atoms with Crippen LogP contribution in [-0.4, -0.2) is 58.4 Å². The van der Waals surface area contributed by atoms with Gasteiger partial charge in [0, 0.05) is 30.1 Å². The van der Waals surface area contributed by atoms with Crippen molar-refractivity contribution in [3.63, 3.8) is 0 Å². The number of carbonyl (C=O) groups excluding carboxylic acids is 1. The van der Waals surface area contributed by atoms with Crippen LogP contribution in [0, 0.1) is 11.3 Å². The standard InChI is InChI=1S/C30H32N2O4/c1-2-14-31-26(34)21-18-28-11-12-30(21,35)27-29(28)13-16-32(15-10-19-6-4-3-5-7-19)23(28)17-20-8-9-22(33)25(36-27)24(20)29/h2-9,11-12,21,23,27,33,35H,1,10,13-18H2,(H,31,34)/t21-,23-,27-,28-,29+,30+/m1/s1. The molecule has 1 amide bonds. The Labute approximate surface area is 211 Å². The molecule has 0 unspecified atom stereocenters. The van der Waals surface area contributed by atoms with Gasteiger partial charge in [-0.25, -0.2) is 0 Å². The summed E-state index contributed by atoms with van der Waals surface area (Å²) in [4.78, 5) is 16.0. The third-order valence-electron chi connectivity index (χ3n) is 9.86. The minimum atomic E-state index is -1.44. The highest BCUT2D eigenvalue weighted by Crippen LogP contribution is 2.74. The molecule has 6 aliphatic rings. The Morgan fingerprint density at radius 1 is 1.22 bits per heavy atom. The van der Waals surface area contributed by atoms with Crippen molar-refractivity contribution in [1.29, 1.82) is 0 Å². The number of aromatic hydroxyl groups is 1. The molecule has 1 saturated carbocycles. The summed E-state index contributed by atoms with van der Waals surface area (Å²) >= 11 is 0. The van der Waals surface area contributed by atoms with Gasteiger partial charge in [0.05, 0.1) is 11.3 Å². The molecule has 0 aromatic heterocycles.